The van der Waals surface area contributed by atoms with Crippen LogP contribution in [0.2, 0.25) is 0 Å². The first-order valence-electron chi connectivity index (χ1n) is 5.46. The molecule has 6 heteroatoms. The summed E-state index contributed by atoms with van der Waals surface area (Å²) in [6.07, 6.45) is -0.593. The Bertz CT molecular complexity index is 319. The highest BCUT2D eigenvalue weighted by Gasteiger charge is 2.46. The van der Waals surface area contributed by atoms with Gasteiger partial charge in [-0.05, 0) is 20.8 Å². The topological polar surface area (TPSA) is 55.8 Å². The van der Waals surface area contributed by atoms with Crippen LogP contribution in [-0.4, -0.2) is 46.8 Å². The monoisotopic (exact) mass is 261 g/mol. The molecule has 0 N–H and O–H groups in total. The number of methoxy groups -OCH3 is 1. The Labute approximate surface area is 106 Å². The van der Waals surface area contributed by atoms with Gasteiger partial charge in [-0.15, -0.1) is 11.8 Å². The van der Waals surface area contributed by atoms with Crippen LogP contribution in [0.5, 0.6) is 0 Å². The van der Waals surface area contributed by atoms with Gasteiger partial charge < -0.3 is 14.4 Å². The van der Waals surface area contributed by atoms with Gasteiger partial charge in [-0.3, -0.25) is 4.79 Å². The van der Waals surface area contributed by atoms with Crippen molar-refractivity contribution in [3.05, 3.63) is 0 Å². The van der Waals surface area contributed by atoms with Crippen LogP contribution in [0.15, 0.2) is 0 Å². The number of esters is 1. The summed E-state index contributed by atoms with van der Waals surface area (Å²) < 4.78 is 9.96. The van der Waals surface area contributed by atoms with Gasteiger partial charge in [0.2, 0.25) is 5.91 Å². The molecule has 0 aromatic rings. The van der Waals surface area contributed by atoms with Crippen molar-refractivity contribution in [3.63, 3.8) is 0 Å². The minimum atomic E-state index is -0.593. The van der Waals surface area contributed by atoms with Crippen molar-refractivity contribution < 1.29 is 19.1 Å². The average molecular weight is 261 g/mol. The maximum atomic E-state index is 11.9. The van der Waals surface area contributed by atoms with Crippen molar-refractivity contribution >= 4 is 23.6 Å². The third-order valence-electron chi connectivity index (χ3n) is 2.71. The average Bonchev–Trinajstić information content (AvgIpc) is 2.53. The zero-order valence-corrected chi connectivity index (χ0v) is 11.7. The van der Waals surface area contributed by atoms with Gasteiger partial charge in [0.25, 0.3) is 0 Å². The molecule has 1 fully saturated rings. The van der Waals surface area contributed by atoms with Crippen LogP contribution < -0.4 is 0 Å². The van der Waals surface area contributed by atoms with Crippen molar-refractivity contribution in [2.24, 2.45) is 0 Å². The van der Waals surface area contributed by atoms with E-state index in [0.29, 0.717) is 5.75 Å². The highest BCUT2D eigenvalue weighted by Crippen LogP contribution is 2.39. The second kappa shape index (κ2) is 5.27. The number of rotatable bonds is 3. The third kappa shape index (κ3) is 3.13. The molecular formula is C11H19NO4S. The fraction of sp³-hybridized carbons (Fsp3) is 0.818. The Morgan fingerprint density at radius 2 is 2.06 bits per heavy atom. The molecule has 0 saturated carbocycles. The number of ether oxygens (including phenoxy) is 2. The van der Waals surface area contributed by atoms with E-state index in [4.69, 9.17) is 9.47 Å². The van der Waals surface area contributed by atoms with Gasteiger partial charge in [0.05, 0.1) is 4.87 Å². The lowest BCUT2D eigenvalue weighted by molar-refractivity contribution is -0.177. The van der Waals surface area contributed by atoms with E-state index < -0.39 is 18.3 Å². The first kappa shape index (κ1) is 14.3. The number of carbonyl (C=O) groups is 2. The van der Waals surface area contributed by atoms with Crippen LogP contribution in [0.3, 0.4) is 0 Å². The Hall–Kier alpha value is -0.750. The zero-order chi connectivity index (χ0) is 13.2. The predicted molar refractivity (Wildman–Crippen MR) is 65.4 cm³/mol. The van der Waals surface area contributed by atoms with Crippen molar-refractivity contribution in [2.75, 3.05) is 12.9 Å². The molecule has 0 aromatic carbocycles. The van der Waals surface area contributed by atoms with Gasteiger partial charge >= 0.3 is 5.97 Å². The van der Waals surface area contributed by atoms with Crippen LogP contribution >= 0.6 is 11.8 Å². The van der Waals surface area contributed by atoms with E-state index in [-0.39, 0.29) is 10.8 Å². The fourth-order valence-corrected chi connectivity index (χ4v) is 3.11. The number of hydrogen-bond acceptors (Lipinski definition) is 5. The van der Waals surface area contributed by atoms with Gasteiger partial charge in [0.15, 0.2) is 6.29 Å². The van der Waals surface area contributed by atoms with Gasteiger partial charge in [-0.1, -0.05) is 0 Å². The standard InChI is InChI=1S/C11H19NO4S/c1-7(13)12-9(6-17-11(12,3)4)10(14)16-8(2)15-5/h8-9H,6H2,1-5H3. The molecule has 1 aliphatic rings. The minimum absolute atomic E-state index is 0.119. The van der Waals surface area contributed by atoms with E-state index in [0.717, 1.165) is 0 Å². The maximum absolute atomic E-state index is 11.9. The lowest BCUT2D eigenvalue weighted by Crippen LogP contribution is -2.49. The van der Waals surface area contributed by atoms with Crippen LogP contribution in [0.1, 0.15) is 27.7 Å². The van der Waals surface area contributed by atoms with Gasteiger partial charge in [0, 0.05) is 19.8 Å². The molecule has 1 aliphatic heterocycles. The second-order valence-corrected chi connectivity index (χ2v) is 6.02. The fourth-order valence-electron chi connectivity index (χ4n) is 1.86. The lowest BCUT2D eigenvalue weighted by Gasteiger charge is -2.33. The summed E-state index contributed by atoms with van der Waals surface area (Å²) in [6, 6.07) is -0.523. The molecule has 2 atom stereocenters. The summed E-state index contributed by atoms with van der Waals surface area (Å²) in [5.41, 5.74) is 0. The largest absolute Gasteiger partial charge is 0.435 e. The molecule has 2 unspecified atom stereocenters. The molecule has 1 saturated heterocycles. The van der Waals surface area contributed by atoms with E-state index >= 15 is 0 Å². The molecule has 5 nitrogen and oxygen atoms in total. The Kier molecular flexibility index (Phi) is 4.43. The molecular weight excluding hydrogens is 242 g/mol. The van der Waals surface area contributed by atoms with Crippen molar-refractivity contribution in [2.45, 2.75) is 44.9 Å². The van der Waals surface area contributed by atoms with E-state index in [1.165, 1.54) is 14.0 Å². The number of hydrogen-bond donors (Lipinski definition) is 0. The highest BCUT2D eigenvalue weighted by atomic mass is 32.2. The first-order chi connectivity index (χ1) is 7.79. The first-order valence-corrected chi connectivity index (χ1v) is 6.45. The molecule has 0 spiro atoms. The SMILES string of the molecule is COC(C)OC(=O)C1CSC(C)(C)N1C(C)=O. The van der Waals surface area contributed by atoms with Crippen molar-refractivity contribution in [1.29, 1.82) is 0 Å². The van der Waals surface area contributed by atoms with E-state index in [2.05, 4.69) is 0 Å². The predicted octanol–water partition coefficient (Wildman–Crippen LogP) is 1.22. The lowest BCUT2D eigenvalue weighted by atomic mass is 10.2. The van der Waals surface area contributed by atoms with Gasteiger partial charge in [-0.2, -0.15) is 0 Å². The van der Waals surface area contributed by atoms with Crippen LogP contribution in [0.4, 0.5) is 0 Å². The molecule has 17 heavy (non-hydrogen) atoms. The summed E-state index contributed by atoms with van der Waals surface area (Å²) in [6.45, 7) is 6.95. The quantitative estimate of drug-likeness (QED) is 0.565. The van der Waals surface area contributed by atoms with Gasteiger partial charge in [0.1, 0.15) is 6.04 Å². The molecule has 0 radical (unpaired) electrons. The minimum Gasteiger partial charge on any atom is -0.435 e. The number of amides is 1. The Morgan fingerprint density at radius 3 is 2.53 bits per heavy atom. The molecule has 1 heterocycles. The molecule has 98 valence electrons. The second-order valence-electron chi connectivity index (χ2n) is 4.40. The normalized spacial score (nSPS) is 24.5. The van der Waals surface area contributed by atoms with E-state index in [1.807, 2.05) is 13.8 Å². The van der Waals surface area contributed by atoms with Crippen LogP contribution in [-0.2, 0) is 19.1 Å². The van der Waals surface area contributed by atoms with Crippen LogP contribution in [0, 0.1) is 0 Å². The molecule has 1 amide bonds. The highest BCUT2D eigenvalue weighted by molar-refractivity contribution is 8.00. The number of carbonyl (C=O) groups excluding carboxylic acids is 2. The summed E-state index contributed by atoms with van der Waals surface area (Å²) in [7, 11) is 1.47. The molecule has 0 bridgehead atoms. The van der Waals surface area contributed by atoms with E-state index in [1.54, 1.807) is 23.6 Å². The summed E-state index contributed by atoms with van der Waals surface area (Å²) in [4.78, 5) is 24.7. The smallest absolute Gasteiger partial charge is 0.332 e. The Morgan fingerprint density at radius 1 is 1.47 bits per heavy atom. The third-order valence-corrected chi connectivity index (χ3v) is 4.10. The summed E-state index contributed by atoms with van der Waals surface area (Å²) >= 11 is 1.57. The van der Waals surface area contributed by atoms with Crippen LogP contribution in [0.25, 0.3) is 0 Å². The number of nitrogens with zero attached hydrogens (tertiary/aromatic N) is 1. The summed E-state index contributed by atoms with van der Waals surface area (Å²) in [5.74, 6) is 0.0293. The zero-order valence-electron chi connectivity index (χ0n) is 10.9. The van der Waals surface area contributed by atoms with Crippen molar-refractivity contribution in [3.8, 4) is 0 Å². The Balaban J connectivity index is 2.77. The molecule has 0 aromatic heterocycles. The van der Waals surface area contributed by atoms with E-state index in [9.17, 15) is 9.59 Å². The molecule has 1 rings (SSSR count). The molecule has 0 aliphatic carbocycles. The van der Waals surface area contributed by atoms with Crippen molar-refractivity contribution in [1.82, 2.24) is 4.90 Å². The van der Waals surface area contributed by atoms with Gasteiger partial charge in [-0.25, -0.2) is 4.79 Å². The maximum Gasteiger partial charge on any atom is 0.332 e. The summed E-state index contributed by atoms with van der Waals surface area (Å²) in [5, 5.41) is 0. The number of thioether (sulfide) groups is 1.